The van der Waals surface area contributed by atoms with Gasteiger partial charge in [-0.1, -0.05) is 40.5 Å². The van der Waals surface area contributed by atoms with Crippen LogP contribution in [0.15, 0.2) is 0 Å². The molecule has 2 aliphatic carbocycles. The van der Waals surface area contributed by atoms with E-state index in [9.17, 15) is 0 Å². The molecule has 2 rings (SSSR count). The van der Waals surface area contributed by atoms with Crippen molar-refractivity contribution in [3.05, 3.63) is 0 Å². The predicted octanol–water partition coefficient (Wildman–Crippen LogP) is 6.30. The van der Waals surface area contributed by atoms with Gasteiger partial charge >= 0.3 is 8.56 Å². The van der Waals surface area contributed by atoms with Crippen LogP contribution < -0.4 is 0 Å². The van der Waals surface area contributed by atoms with Gasteiger partial charge in [0.25, 0.3) is 0 Å². The molecule has 0 heterocycles. The first kappa shape index (κ1) is 19.5. The Balaban J connectivity index is 2.37. The van der Waals surface area contributed by atoms with Gasteiger partial charge in [-0.25, -0.2) is 0 Å². The third-order valence-electron chi connectivity index (χ3n) is 6.48. The lowest BCUT2D eigenvalue weighted by molar-refractivity contribution is 0.103. The maximum atomic E-state index is 6.70. The van der Waals surface area contributed by atoms with Crippen LogP contribution in [-0.4, -0.2) is 21.8 Å². The highest BCUT2D eigenvalue weighted by molar-refractivity contribution is 6.70. The van der Waals surface area contributed by atoms with Crippen LogP contribution in [0.2, 0.25) is 11.1 Å². The van der Waals surface area contributed by atoms with Crippen LogP contribution in [0, 0.1) is 17.3 Å². The maximum Gasteiger partial charge on any atom is 0.345 e. The van der Waals surface area contributed by atoms with E-state index in [1.165, 1.54) is 44.9 Å². The molecule has 2 fully saturated rings. The molecule has 0 amide bonds. The summed E-state index contributed by atoms with van der Waals surface area (Å²) in [6, 6.07) is 0. The van der Waals surface area contributed by atoms with E-state index in [4.69, 9.17) is 8.85 Å². The summed E-state index contributed by atoms with van der Waals surface area (Å²) in [7, 11) is -2.21. The second kappa shape index (κ2) is 8.01. The second-order valence-corrected chi connectivity index (χ2v) is 12.5. The molecule has 136 valence electrons. The molecular formula is C20H40O2Si. The van der Waals surface area contributed by atoms with E-state index < -0.39 is 8.56 Å². The molecule has 0 radical (unpaired) electrons. The monoisotopic (exact) mass is 340 g/mol. The number of hydrogen-bond donors (Lipinski definition) is 0. The van der Waals surface area contributed by atoms with Crippen molar-refractivity contribution in [1.29, 1.82) is 0 Å². The molecule has 0 saturated heterocycles. The molecule has 2 saturated carbocycles. The molecule has 0 aromatic carbocycles. The lowest BCUT2D eigenvalue weighted by Gasteiger charge is -2.52. The van der Waals surface area contributed by atoms with Gasteiger partial charge in [-0.3, -0.25) is 0 Å². The van der Waals surface area contributed by atoms with Crippen LogP contribution in [0.5, 0.6) is 0 Å². The van der Waals surface area contributed by atoms with E-state index in [1.807, 2.05) is 0 Å². The van der Waals surface area contributed by atoms with E-state index >= 15 is 0 Å². The van der Waals surface area contributed by atoms with Crippen molar-refractivity contribution in [3.8, 4) is 0 Å². The highest BCUT2D eigenvalue weighted by Gasteiger charge is 2.58. The Morgan fingerprint density at radius 1 is 0.913 bits per heavy atom. The van der Waals surface area contributed by atoms with Crippen LogP contribution in [0.3, 0.4) is 0 Å². The summed E-state index contributed by atoms with van der Waals surface area (Å²) >= 11 is 0. The van der Waals surface area contributed by atoms with Crippen LogP contribution in [0.4, 0.5) is 0 Å². The van der Waals surface area contributed by atoms with Crippen LogP contribution in [0.1, 0.15) is 86.5 Å². The van der Waals surface area contributed by atoms with Gasteiger partial charge in [-0.2, -0.15) is 0 Å². The summed E-state index contributed by atoms with van der Waals surface area (Å²) in [6.07, 6.45) is 9.42. The van der Waals surface area contributed by atoms with Crippen molar-refractivity contribution < 1.29 is 8.85 Å². The Bertz CT molecular complexity index is 353. The predicted molar refractivity (Wildman–Crippen MR) is 101 cm³/mol. The van der Waals surface area contributed by atoms with Gasteiger partial charge in [0.2, 0.25) is 0 Å². The quantitative estimate of drug-likeness (QED) is 0.528. The highest BCUT2D eigenvalue weighted by Crippen LogP contribution is 2.57. The van der Waals surface area contributed by atoms with Crippen molar-refractivity contribution in [3.63, 3.8) is 0 Å². The molecule has 0 aromatic heterocycles. The van der Waals surface area contributed by atoms with Gasteiger partial charge in [0.1, 0.15) is 0 Å². The summed E-state index contributed by atoms with van der Waals surface area (Å²) in [5.41, 5.74) is 1.72. The van der Waals surface area contributed by atoms with Crippen LogP contribution in [-0.2, 0) is 8.85 Å². The third-order valence-corrected chi connectivity index (χ3v) is 11.6. The van der Waals surface area contributed by atoms with E-state index in [0.717, 1.165) is 25.0 Å². The van der Waals surface area contributed by atoms with E-state index in [-0.39, 0.29) is 0 Å². The fourth-order valence-corrected chi connectivity index (χ4v) is 11.5. The minimum absolute atomic E-state index is 0.374. The molecule has 2 aliphatic rings. The Hall–Kier alpha value is 0.137. The smallest absolute Gasteiger partial charge is 0.345 e. The lowest BCUT2D eigenvalue weighted by Crippen LogP contribution is -2.57. The summed E-state index contributed by atoms with van der Waals surface area (Å²) in [4.78, 5) is 0. The van der Waals surface area contributed by atoms with Crippen LogP contribution >= 0.6 is 0 Å². The van der Waals surface area contributed by atoms with Crippen molar-refractivity contribution in [2.45, 2.75) is 97.6 Å². The van der Waals surface area contributed by atoms with E-state index in [0.29, 0.717) is 16.5 Å². The molecular weight excluding hydrogens is 300 g/mol. The first-order chi connectivity index (χ1) is 10.9. The fraction of sp³-hybridized carbons (Fsp3) is 1.00. The zero-order valence-electron chi connectivity index (χ0n) is 16.5. The SMILES string of the molecule is CCO[Si](OCC)(C1CC(C)CC(C)C1)C1CCCCC1(C)C. The molecule has 0 aromatic rings. The Morgan fingerprint density at radius 2 is 1.48 bits per heavy atom. The zero-order valence-corrected chi connectivity index (χ0v) is 17.5. The van der Waals surface area contributed by atoms with Gasteiger partial charge in [-0.05, 0) is 63.2 Å². The normalized spacial score (nSPS) is 35.2. The van der Waals surface area contributed by atoms with Gasteiger partial charge in [0, 0.05) is 24.3 Å². The highest BCUT2D eigenvalue weighted by atomic mass is 28.4. The largest absolute Gasteiger partial charge is 0.394 e. The maximum absolute atomic E-state index is 6.70. The van der Waals surface area contributed by atoms with Gasteiger partial charge in [0.15, 0.2) is 0 Å². The minimum Gasteiger partial charge on any atom is -0.394 e. The molecule has 3 unspecified atom stereocenters. The molecule has 3 heteroatoms. The molecule has 0 N–H and O–H groups in total. The molecule has 0 aliphatic heterocycles. The fourth-order valence-electron chi connectivity index (χ4n) is 5.73. The summed E-state index contributed by atoms with van der Waals surface area (Å²) in [6.45, 7) is 15.8. The average Bonchev–Trinajstić information content (AvgIpc) is 2.45. The number of hydrogen-bond acceptors (Lipinski definition) is 2. The molecule has 0 bridgehead atoms. The van der Waals surface area contributed by atoms with Gasteiger partial charge in [-0.15, -0.1) is 0 Å². The van der Waals surface area contributed by atoms with Gasteiger partial charge in [0.05, 0.1) is 0 Å². The Kier molecular flexibility index (Phi) is 6.78. The zero-order chi connectivity index (χ0) is 17.1. The standard InChI is InChI=1S/C20H40O2Si/c1-7-21-23(22-8-2,18-14-16(3)13-17(4)15-18)19-11-9-10-12-20(19,5)6/h16-19H,7-15H2,1-6H3. The van der Waals surface area contributed by atoms with Crippen LogP contribution in [0.25, 0.3) is 0 Å². The van der Waals surface area contributed by atoms with Crippen molar-refractivity contribution >= 4 is 8.56 Å². The number of rotatable bonds is 6. The topological polar surface area (TPSA) is 18.5 Å². The first-order valence-electron chi connectivity index (χ1n) is 10.1. The lowest BCUT2D eigenvalue weighted by atomic mass is 9.77. The van der Waals surface area contributed by atoms with Crippen molar-refractivity contribution in [2.24, 2.45) is 17.3 Å². The molecule has 23 heavy (non-hydrogen) atoms. The third kappa shape index (κ3) is 4.22. The van der Waals surface area contributed by atoms with E-state index in [2.05, 4.69) is 41.5 Å². The minimum atomic E-state index is -2.21. The van der Waals surface area contributed by atoms with Crippen molar-refractivity contribution in [2.75, 3.05) is 13.2 Å². The molecule has 2 nitrogen and oxygen atoms in total. The summed E-state index contributed by atoms with van der Waals surface area (Å²) in [5, 5.41) is 0. The first-order valence-corrected chi connectivity index (χ1v) is 12.1. The van der Waals surface area contributed by atoms with E-state index in [1.54, 1.807) is 0 Å². The average molecular weight is 341 g/mol. The Labute approximate surface area is 146 Å². The molecule has 0 spiro atoms. The van der Waals surface area contributed by atoms with Gasteiger partial charge < -0.3 is 8.85 Å². The summed E-state index contributed by atoms with van der Waals surface area (Å²) in [5.74, 6) is 1.64. The molecule has 3 atom stereocenters. The second-order valence-electron chi connectivity index (χ2n) is 8.99. The Morgan fingerprint density at radius 3 is 1.96 bits per heavy atom. The summed E-state index contributed by atoms with van der Waals surface area (Å²) < 4.78 is 13.4. The van der Waals surface area contributed by atoms with Crippen molar-refractivity contribution in [1.82, 2.24) is 0 Å².